The van der Waals surface area contributed by atoms with Gasteiger partial charge in [-0.2, -0.15) is 0 Å². The maximum atomic E-state index is 11.2. The van der Waals surface area contributed by atoms with Crippen molar-refractivity contribution in [3.05, 3.63) is 65.5 Å². The molecule has 0 fully saturated rings. The number of hydrogen-bond donors (Lipinski definition) is 0. The third-order valence-electron chi connectivity index (χ3n) is 3.70. The van der Waals surface area contributed by atoms with Crippen LogP contribution in [0.15, 0.2) is 54.4 Å². The SMILES string of the molecule is COc1cc(-c2ncc(C)cn2)ccc1C1=CC=CCC1=C=O. The monoisotopic (exact) mass is 304 g/mol. The molecule has 2 aromatic rings. The number of aromatic nitrogens is 2. The second kappa shape index (κ2) is 6.42. The van der Waals surface area contributed by atoms with Crippen molar-refractivity contribution in [3.8, 4) is 17.1 Å². The summed E-state index contributed by atoms with van der Waals surface area (Å²) in [7, 11) is 1.61. The minimum Gasteiger partial charge on any atom is -0.496 e. The molecule has 0 amide bonds. The first kappa shape index (κ1) is 14.9. The summed E-state index contributed by atoms with van der Waals surface area (Å²) in [4.78, 5) is 19.8. The quantitative estimate of drug-likeness (QED) is 0.814. The van der Waals surface area contributed by atoms with E-state index in [1.54, 1.807) is 19.5 Å². The Morgan fingerprint density at radius 3 is 2.70 bits per heavy atom. The molecule has 0 spiro atoms. The highest BCUT2D eigenvalue weighted by molar-refractivity contribution is 5.91. The van der Waals surface area contributed by atoms with Gasteiger partial charge in [0.05, 0.1) is 7.11 Å². The van der Waals surface area contributed by atoms with Crippen LogP contribution in [0.3, 0.4) is 0 Å². The third kappa shape index (κ3) is 2.98. The largest absolute Gasteiger partial charge is 0.496 e. The molecule has 1 aliphatic carbocycles. The molecule has 0 saturated carbocycles. The van der Waals surface area contributed by atoms with E-state index in [2.05, 4.69) is 9.97 Å². The highest BCUT2D eigenvalue weighted by Crippen LogP contribution is 2.35. The Bertz CT molecular complexity index is 842. The van der Waals surface area contributed by atoms with Crippen molar-refractivity contribution in [2.24, 2.45) is 0 Å². The zero-order chi connectivity index (χ0) is 16.2. The molecule has 23 heavy (non-hydrogen) atoms. The van der Waals surface area contributed by atoms with E-state index in [0.717, 1.165) is 22.3 Å². The van der Waals surface area contributed by atoms with Crippen LogP contribution in [0, 0.1) is 6.92 Å². The van der Waals surface area contributed by atoms with Gasteiger partial charge >= 0.3 is 0 Å². The summed E-state index contributed by atoms with van der Waals surface area (Å²) >= 11 is 0. The Labute approximate surface area is 134 Å². The van der Waals surface area contributed by atoms with Crippen molar-refractivity contribution in [1.29, 1.82) is 0 Å². The Balaban J connectivity index is 2.07. The van der Waals surface area contributed by atoms with Crippen LogP contribution in [0.1, 0.15) is 17.5 Å². The molecule has 0 bridgehead atoms. The lowest BCUT2D eigenvalue weighted by atomic mass is 9.92. The fourth-order valence-electron chi connectivity index (χ4n) is 2.50. The average Bonchev–Trinajstić information content (AvgIpc) is 2.62. The zero-order valence-corrected chi connectivity index (χ0v) is 13.0. The summed E-state index contributed by atoms with van der Waals surface area (Å²) in [6.45, 7) is 1.95. The number of hydrogen-bond acceptors (Lipinski definition) is 4. The molecule has 4 heteroatoms. The van der Waals surface area contributed by atoms with E-state index in [1.165, 1.54) is 0 Å². The normalized spacial score (nSPS) is 13.5. The summed E-state index contributed by atoms with van der Waals surface area (Å²) in [6, 6.07) is 5.76. The van der Waals surface area contributed by atoms with Gasteiger partial charge in [-0.3, -0.25) is 0 Å². The molecule has 114 valence electrons. The first-order valence-electron chi connectivity index (χ1n) is 7.31. The minimum atomic E-state index is 0.585. The summed E-state index contributed by atoms with van der Waals surface area (Å²) in [6.07, 6.45) is 9.93. The average molecular weight is 304 g/mol. The first-order valence-corrected chi connectivity index (χ1v) is 7.31. The topological polar surface area (TPSA) is 52.1 Å². The number of nitrogens with zero attached hydrogens (tertiary/aromatic N) is 2. The fourth-order valence-corrected chi connectivity index (χ4v) is 2.50. The summed E-state index contributed by atoms with van der Waals surface area (Å²) in [5.41, 5.74) is 4.22. The van der Waals surface area contributed by atoms with E-state index in [9.17, 15) is 4.79 Å². The molecule has 1 aromatic heterocycles. The Morgan fingerprint density at radius 2 is 2.00 bits per heavy atom. The molecule has 0 radical (unpaired) electrons. The molecule has 1 heterocycles. The Morgan fingerprint density at radius 1 is 1.22 bits per heavy atom. The van der Waals surface area contributed by atoms with E-state index in [1.807, 2.05) is 49.3 Å². The van der Waals surface area contributed by atoms with Crippen molar-refractivity contribution >= 4 is 11.5 Å². The lowest BCUT2D eigenvalue weighted by Gasteiger charge is -2.15. The Hall–Kier alpha value is -2.97. The molecule has 0 saturated heterocycles. The van der Waals surface area contributed by atoms with Crippen molar-refractivity contribution in [1.82, 2.24) is 9.97 Å². The van der Waals surface area contributed by atoms with Crippen LogP contribution >= 0.6 is 0 Å². The van der Waals surface area contributed by atoms with E-state index < -0.39 is 0 Å². The molecule has 1 aromatic carbocycles. The minimum absolute atomic E-state index is 0.585. The molecule has 0 unspecified atom stereocenters. The van der Waals surface area contributed by atoms with Crippen LogP contribution in [0.2, 0.25) is 0 Å². The maximum absolute atomic E-state index is 11.2. The number of methoxy groups -OCH3 is 1. The molecule has 3 rings (SSSR count). The molecule has 1 aliphatic rings. The number of carbonyl (C=O) groups excluding carboxylic acids is 1. The van der Waals surface area contributed by atoms with Gasteiger partial charge in [0, 0.05) is 35.5 Å². The second-order valence-electron chi connectivity index (χ2n) is 5.29. The molecule has 0 aliphatic heterocycles. The van der Waals surface area contributed by atoms with Crippen molar-refractivity contribution in [2.45, 2.75) is 13.3 Å². The van der Waals surface area contributed by atoms with Crippen molar-refractivity contribution < 1.29 is 9.53 Å². The second-order valence-corrected chi connectivity index (χ2v) is 5.29. The van der Waals surface area contributed by atoms with Gasteiger partial charge in [0.25, 0.3) is 0 Å². The van der Waals surface area contributed by atoms with E-state index in [4.69, 9.17) is 4.74 Å². The smallest absolute Gasteiger partial charge is 0.159 e. The van der Waals surface area contributed by atoms with Crippen LogP contribution in [-0.4, -0.2) is 23.0 Å². The van der Waals surface area contributed by atoms with E-state index in [-0.39, 0.29) is 0 Å². The van der Waals surface area contributed by atoms with Gasteiger partial charge < -0.3 is 4.74 Å². The van der Waals surface area contributed by atoms with Crippen LogP contribution in [0.25, 0.3) is 17.0 Å². The maximum Gasteiger partial charge on any atom is 0.159 e. The lowest BCUT2D eigenvalue weighted by molar-refractivity contribution is 0.413. The highest BCUT2D eigenvalue weighted by Gasteiger charge is 2.16. The number of allylic oxidation sites excluding steroid dienone is 5. The molecular weight excluding hydrogens is 288 g/mol. The number of rotatable bonds is 3. The fraction of sp³-hybridized carbons (Fsp3) is 0.158. The Kier molecular flexibility index (Phi) is 4.18. The van der Waals surface area contributed by atoms with Gasteiger partial charge in [-0.1, -0.05) is 24.3 Å². The van der Waals surface area contributed by atoms with E-state index in [0.29, 0.717) is 23.6 Å². The molecular formula is C19H16N2O2. The molecule has 0 atom stereocenters. The summed E-state index contributed by atoms with van der Waals surface area (Å²) in [5.74, 6) is 3.35. The summed E-state index contributed by atoms with van der Waals surface area (Å²) < 4.78 is 5.51. The van der Waals surface area contributed by atoms with Gasteiger partial charge in [0.15, 0.2) is 5.82 Å². The molecule has 0 N–H and O–H groups in total. The number of aryl methyl sites for hydroxylation is 1. The van der Waals surface area contributed by atoms with Gasteiger partial charge in [-0.15, -0.1) is 0 Å². The van der Waals surface area contributed by atoms with Gasteiger partial charge in [0.2, 0.25) is 0 Å². The highest BCUT2D eigenvalue weighted by atomic mass is 16.5. The standard InChI is InChI=1S/C19H16N2O2/c1-13-10-20-19(21-11-13)14-7-8-17(18(9-14)23-2)16-6-4-3-5-15(16)12-22/h3-4,6-11H,5H2,1-2H3. The third-order valence-corrected chi connectivity index (χ3v) is 3.70. The van der Waals surface area contributed by atoms with E-state index >= 15 is 0 Å². The van der Waals surface area contributed by atoms with Crippen LogP contribution < -0.4 is 4.74 Å². The predicted molar refractivity (Wildman–Crippen MR) is 89.7 cm³/mol. The number of ether oxygens (including phenoxy) is 1. The van der Waals surface area contributed by atoms with Crippen LogP contribution in [0.5, 0.6) is 5.75 Å². The van der Waals surface area contributed by atoms with Gasteiger partial charge in [-0.25, -0.2) is 14.8 Å². The van der Waals surface area contributed by atoms with Crippen LogP contribution in [0.4, 0.5) is 0 Å². The summed E-state index contributed by atoms with van der Waals surface area (Å²) in [5, 5.41) is 0. The number of benzene rings is 1. The lowest BCUT2D eigenvalue weighted by Crippen LogP contribution is -1.98. The van der Waals surface area contributed by atoms with Crippen LogP contribution in [-0.2, 0) is 4.79 Å². The first-order chi connectivity index (χ1) is 11.2. The van der Waals surface area contributed by atoms with Crippen molar-refractivity contribution in [3.63, 3.8) is 0 Å². The molecule has 4 nitrogen and oxygen atoms in total. The van der Waals surface area contributed by atoms with Crippen molar-refractivity contribution in [2.75, 3.05) is 7.11 Å². The van der Waals surface area contributed by atoms with Gasteiger partial charge in [-0.05, 0) is 30.2 Å². The predicted octanol–water partition coefficient (Wildman–Crippen LogP) is 3.56. The van der Waals surface area contributed by atoms with Gasteiger partial charge in [0.1, 0.15) is 11.7 Å². The zero-order valence-electron chi connectivity index (χ0n) is 13.0.